The van der Waals surface area contributed by atoms with Gasteiger partial charge in [-0.15, -0.1) is 0 Å². The molecule has 4 nitrogen and oxygen atoms in total. The predicted octanol–water partition coefficient (Wildman–Crippen LogP) is 3.17. The number of nitrogens with one attached hydrogen (secondary N) is 1. The van der Waals surface area contributed by atoms with E-state index in [0.29, 0.717) is 0 Å². The van der Waals surface area contributed by atoms with Crippen LogP contribution >= 0.6 is 0 Å². The Labute approximate surface area is 126 Å². The standard InChI is InChI=1S/C17H25N3O/c1-2-8-18-16-10-15(7-9-19-16)17(21)20(11-13-3-4-13)12-14-5-6-14/h7,9-10,13-14H,2-6,8,11-12H2,1H3,(H,18,19). The van der Waals surface area contributed by atoms with Gasteiger partial charge < -0.3 is 10.2 Å². The van der Waals surface area contributed by atoms with Gasteiger partial charge in [0.25, 0.3) is 5.91 Å². The lowest BCUT2D eigenvalue weighted by Crippen LogP contribution is -2.34. The Bertz CT molecular complexity index is 481. The van der Waals surface area contributed by atoms with Gasteiger partial charge in [-0.3, -0.25) is 4.79 Å². The maximum Gasteiger partial charge on any atom is 0.254 e. The van der Waals surface area contributed by atoms with Crippen LogP contribution < -0.4 is 5.32 Å². The summed E-state index contributed by atoms with van der Waals surface area (Å²) in [5.41, 5.74) is 0.768. The minimum Gasteiger partial charge on any atom is -0.370 e. The molecule has 1 heterocycles. The van der Waals surface area contributed by atoms with Crippen LogP contribution in [0, 0.1) is 11.8 Å². The Hall–Kier alpha value is -1.58. The van der Waals surface area contributed by atoms with Crippen LogP contribution in [-0.2, 0) is 0 Å². The SMILES string of the molecule is CCCNc1cc(C(=O)N(CC2CC2)CC2CC2)ccn1. The molecule has 0 radical (unpaired) electrons. The first-order valence-corrected chi connectivity index (χ1v) is 8.25. The fourth-order valence-electron chi connectivity index (χ4n) is 2.56. The van der Waals surface area contributed by atoms with Gasteiger partial charge in [-0.2, -0.15) is 0 Å². The number of hydrogen-bond acceptors (Lipinski definition) is 3. The van der Waals surface area contributed by atoms with E-state index in [1.54, 1.807) is 6.20 Å². The first kappa shape index (κ1) is 14.4. The van der Waals surface area contributed by atoms with Gasteiger partial charge in [0.05, 0.1) is 0 Å². The number of hydrogen-bond donors (Lipinski definition) is 1. The first-order valence-electron chi connectivity index (χ1n) is 8.25. The van der Waals surface area contributed by atoms with Gasteiger partial charge in [0.1, 0.15) is 5.82 Å². The molecule has 0 unspecified atom stereocenters. The molecule has 114 valence electrons. The maximum absolute atomic E-state index is 12.8. The molecule has 0 aromatic carbocycles. The van der Waals surface area contributed by atoms with E-state index in [1.165, 1.54) is 25.7 Å². The van der Waals surface area contributed by atoms with Crippen LogP contribution in [-0.4, -0.2) is 35.4 Å². The molecule has 2 aliphatic rings. The quantitative estimate of drug-likeness (QED) is 0.799. The third-order valence-corrected chi connectivity index (χ3v) is 4.20. The van der Waals surface area contributed by atoms with Crippen LogP contribution in [0.25, 0.3) is 0 Å². The highest BCUT2D eigenvalue weighted by Gasteiger charge is 2.31. The maximum atomic E-state index is 12.8. The van der Waals surface area contributed by atoms with Crippen LogP contribution in [0.5, 0.6) is 0 Å². The number of aromatic nitrogens is 1. The van der Waals surface area contributed by atoms with Crippen LogP contribution in [0.2, 0.25) is 0 Å². The summed E-state index contributed by atoms with van der Waals surface area (Å²) in [6.07, 6.45) is 7.93. The van der Waals surface area contributed by atoms with E-state index >= 15 is 0 Å². The van der Waals surface area contributed by atoms with Crippen molar-refractivity contribution < 1.29 is 4.79 Å². The van der Waals surface area contributed by atoms with Crippen molar-refractivity contribution in [3.63, 3.8) is 0 Å². The topological polar surface area (TPSA) is 45.2 Å². The largest absolute Gasteiger partial charge is 0.370 e. The Morgan fingerprint density at radius 1 is 1.29 bits per heavy atom. The molecule has 1 N–H and O–H groups in total. The molecule has 2 aliphatic carbocycles. The van der Waals surface area contributed by atoms with Gasteiger partial charge in [0.15, 0.2) is 0 Å². The summed E-state index contributed by atoms with van der Waals surface area (Å²) < 4.78 is 0. The number of carbonyl (C=O) groups is 1. The zero-order valence-electron chi connectivity index (χ0n) is 12.8. The van der Waals surface area contributed by atoms with Crippen LogP contribution in [0.4, 0.5) is 5.82 Å². The summed E-state index contributed by atoms with van der Waals surface area (Å²) in [5.74, 6) is 2.47. The summed E-state index contributed by atoms with van der Waals surface area (Å²) in [5, 5.41) is 3.25. The Kier molecular flexibility index (Phi) is 4.42. The molecule has 0 bridgehead atoms. The highest BCUT2D eigenvalue weighted by atomic mass is 16.2. The van der Waals surface area contributed by atoms with Crippen LogP contribution in [0.1, 0.15) is 49.4 Å². The van der Waals surface area contributed by atoms with E-state index < -0.39 is 0 Å². The second-order valence-corrected chi connectivity index (χ2v) is 6.45. The number of anilines is 1. The minimum absolute atomic E-state index is 0.177. The first-order chi connectivity index (χ1) is 10.3. The highest BCUT2D eigenvalue weighted by Crippen LogP contribution is 2.34. The van der Waals surface area contributed by atoms with E-state index in [2.05, 4.69) is 22.1 Å². The van der Waals surface area contributed by atoms with E-state index in [1.807, 2.05) is 12.1 Å². The third kappa shape index (κ3) is 4.19. The van der Waals surface area contributed by atoms with Crippen molar-refractivity contribution in [1.82, 2.24) is 9.88 Å². The second-order valence-electron chi connectivity index (χ2n) is 6.45. The number of rotatable bonds is 8. The van der Waals surface area contributed by atoms with E-state index in [-0.39, 0.29) is 5.91 Å². The van der Waals surface area contributed by atoms with Gasteiger partial charge in [0, 0.05) is 31.4 Å². The summed E-state index contributed by atoms with van der Waals surface area (Å²) >= 11 is 0. The Morgan fingerprint density at radius 3 is 2.52 bits per heavy atom. The summed E-state index contributed by atoms with van der Waals surface area (Å²) in [4.78, 5) is 19.1. The van der Waals surface area contributed by atoms with Gasteiger partial charge in [-0.25, -0.2) is 4.98 Å². The normalized spacial score (nSPS) is 17.6. The van der Waals surface area contributed by atoms with Crippen molar-refractivity contribution in [3.8, 4) is 0 Å². The molecular weight excluding hydrogens is 262 g/mol. The highest BCUT2D eigenvalue weighted by molar-refractivity contribution is 5.94. The van der Waals surface area contributed by atoms with Crippen LogP contribution in [0.15, 0.2) is 18.3 Å². The van der Waals surface area contributed by atoms with E-state index in [0.717, 1.165) is 49.3 Å². The van der Waals surface area contributed by atoms with Crippen LogP contribution in [0.3, 0.4) is 0 Å². The molecule has 4 heteroatoms. The molecule has 0 atom stereocenters. The lowest BCUT2D eigenvalue weighted by Gasteiger charge is -2.23. The molecule has 2 fully saturated rings. The number of amides is 1. The van der Waals surface area contributed by atoms with Crippen molar-refractivity contribution in [2.45, 2.75) is 39.0 Å². The van der Waals surface area contributed by atoms with E-state index in [9.17, 15) is 4.79 Å². The monoisotopic (exact) mass is 287 g/mol. The second kappa shape index (κ2) is 6.46. The average Bonchev–Trinajstić information content (AvgIpc) is 3.39. The van der Waals surface area contributed by atoms with Gasteiger partial charge >= 0.3 is 0 Å². The zero-order chi connectivity index (χ0) is 14.7. The molecule has 2 saturated carbocycles. The van der Waals surface area contributed by atoms with Gasteiger partial charge in [0.2, 0.25) is 0 Å². The molecule has 0 aliphatic heterocycles. The van der Waals surface area contributed by atoms with E-state index in [4.69, 9.17) is 0 Å². The van der Waals surface area contributed by atoms with Crippen molar-refractivity contribution in [2.24, 2.45) is 11.8 Å². The number of carbonyl (C=O) groups excluding carboxylic acids is 1. The van der Waals surface area contributed by atoms with Crippen molar-refractivity contribution >= 4 is 11.7 Å². The fourth-order valence-corrected chi connectivity index (χ4v) is 2.56. The molecule has 1 aromatic rings. The van der Waals surface area contributed by atoms with Gasteiger partial charge in [-0.1, -0.05) is 6.92 Å². The molecule has 1 amide bonds. The Balaban J connectivity index is 1.67. The smallest absolute Gasteiger partial charge is 0.254 e. The van der Waals surface area contributed by atoms with Crippen molar-refractivity contribution in [1.29, 1.82) is 0 Å². The van der Waals surface area contributed by atoms with Crippen molar-refractivity contribution in [3.05, 3.63) is 23.9 Å². The zero-order valence-corrected chi connectivity index (χ0v) is 12.8. The summed E-state index contributed by atoms with van der Waals surface area (Å²) in [7, 11) is 0. The summed E-state index contributed by atoms with van der Waals surface area (Å²) in [6, 6.07) is 3.73. The molecule has 0 saturated heterocycles. The molecule has 3 rings (SSSR count). The van der Waals surface area contributed by atoms with Crippen molar-refractivity contribution in [2.75, 3.05) is 25.0 Å². The minimum atomic E-state index is 0.177. The fraction of sp³-hybridized carbons (Fsp3) is 0.647. The lowest BCUT2D eigenvalue weighted by atomic mass is 10.2. The average molecular weight is 287 g/mol. The third-order valence-electron chi connectivity index (χ3n) is 4.20. The number of pyridine rings is 1. The predicted molar refractivity (Wildman–Crippen MR) is 84.4 cm³/mol. The molecule has 21 heavy (non-hydrogen) atoms. The molecular formula is C17H25N3O. The number of nitrogens with zero attached hydrogens (tertiary/aromatic N) is 2. The van der Waals surface area contributed by atoms with Gasteiger partial charge in [-0.05, 0) is 56.1 Å². The molecule has 0 spiro atoms. The summed E-state index contributed by atoms with van der Waals surface area (Å²) in [6.45, 7) is 4.89. The Morgan fingerprint density at radius 2 is 1.95 bits per heavy atom. The molecule has 1 aromatic heterocycles. The lowest BCUT2D eigenvalue weighted by molar-refractivity contribution is 0.0739.